The molecule has 2 aromatic carbocycles. The molecular weight excluding hydrogens is 541 g/mol. The minimum atomic E-state index is -4.95. The van der Waals surface area contributed by atoms with E-state index >= 15 is 0 Å². The minimum absolute atomic E-state index is 0.0245. The number of imidazole rings is 1. The normalized spacial score (nSPS) is 13.6. The molecule has 0 saturated carbocycles. The number of benzene rings is 2. The van der Waals surface area contributed by atoms with Crippen LogP contribution >= 0.6 is 23.2 Å². The molecule has 0 aliphatic heterocycles. The van der Waals surface area contributed by atoms with Gasteiger partial charge in [0, 0.05) is 16.2 Å². The van der Waals surface area contributed by atoms with Crippen LogP contribution in [0.25, 0.3) is 16.9 Å². The van der Waals surface area contributed by atoms with Crippen LogP contribution in [-0.2, 0) is 13.1 Å². The van der Waals surface area contributed by atoms with E-state index < -0.39 is 36.4 Å². The maximum absolute atomic E-state index is 14.5. The lowest BCUT2D eigenvalue weighted by Gasteiger charge is -2.16. The number of aliphatic hydroxyl groups excluding tert-OH is 2. The monoisotopic (exact) mass is 559 g/mol. The molecule has 37 heavy (non-hydrogen) atoms. The molecule has 0 bridgehead atoms. The smallest absolute Gasteiger partial charge is 0.385 e. The highest BCUT2D eigenvalue weighted by Gasteiger charge is 2.39. The Kier molecular flexibility index (Phi) is 7.47. The molecule has 2 heterocycles. The first-order valence-electron chi connectivity index (χ1n) is 10.7. The summed E-state index contributed by atoms with van der Waals surface area (Å²) >= 11 is 11.7. The second-order valence-electron chi connectivity index (χ2n) is 8.17. The summed E-state index contributed by atoms with van der Waals surface area (Å²) in [5, 5.41) is 24.5. The number of hydrogen-bond donors (Lipinski definition) is 2. The van der Waals surface area contributed by atoms with Gasteiger partial charge in [0.25, 0.3) is 0 Å². The maximum Gasteiger partial charge on any atom is 0.416 e. The summed E-state index contributed by atoms with van der Waals surface area (Å²) in [4.78, 5) is 17.3. The number of alkyl halides is 3. The van der Waals surface area contributed by atoms with E-state index in [1.165, 1.54) is 49.5 Å². The molecule has 2 N–H and O–H groups in total. The summed E-state index contributed by atoms with van der Waals surface area (Å²) in [6, 6.07) is 9.84. The third kappa shape index (κ3) is 5.72. The zero-order chi connectivity index (χ0) is 27.1. The SMILES string of the molecule is C[C@H](O)c1nc(Cn2cc(-c3ccc(Cl)cc3)n(C[C@H](O)C(F)(F)F)c2=O)nn1-c1ccc(Cl)cc1F. The van der Waals surface area contributed by atoms with E-state index in [2.05, 4.69) is 10.1 Å². The zero-order valence-electron chi connectivity index (χ0n) is 19.0. The van der Waals surface area contributed by atoms with E-state index in [4.69, 9.17) is 23.2 Å². The number of nitrogens with zero attached hydrogens (tertiary/aromatic N) is 5. The van der Waals surface area contributed by atoms with Gasteiger partial charge < -0.3 is 10.2 Å². The Morgan fingerprint density at radius 2 is 1.70 bits per heavy atom. The number of aromatic nitrogens is 5. The van der Waals surface area contributed by atoms with E-state index in [0.717, 1.165) is 19.9 Å². The van der Waals surface area contributed by atoms with Crippen LogP contribution in [0.5, 0.6) is 0 Å². The van der Waals surface area contributed by atoms with Gasteiger partial charge >= 0.3 is 11.9 Å². The third-order valence-corrected chi connectivity index (χ3v) is 5.91. The first-order valence-corrected chi connectivity index (χ1v) is 11.5. The van der Waals surface area contributed by atoms with Gasteiger partial charge in [0.1, 0.15) is 17.6 Å². The average molecular weight is 560 g/mol. The van der Waals surface area contributed by atoms with Crippen molar-refractivity contribution in [3.8, 4) is 16.9 Å². The summed E-state index contributed by atoms with van der Waals surface area (Å²) in [6.07, 6.45) is -7.63. The van der Waals surface area contributed by atoms with Crippen LogP contribution in [0.15, 0.2) is 53.5 Å². The summed E-state index contributed by atoms with van der Waals surface area (Å²) in [5.74, 6) is -0.794. The standard InChI is InChI=1S/C23H19Cl2F4N5O3/c1-12(35)21-30-20(31-34(21)17-7-6-15(25)8-16(17)26)11-32-9-18(13-2-4-14(24)5-3-13)33(22(32)37)10-19(36)23(27,28)29/h2-9,12,19,35-36H,10-11H2,1H3/t12-,19-/m0/s1. The molecule has 4 aromatic rings. The lowest BCUT2D eigenvalue weighted by molar-refractivity contribution is -0.207. The van der Waals surface area contributed by atoms with Crippen LogP contribution in [-0.4, -0.2) is 46.4 Å². The van der Waals surface area contributed by atoms with Gasteiger partial charge in [-0.3, -0.25) is 9.13 Å². The molecular formula is C23H19Cl2F4N5O3. The first kappa shape index (κ1) is 26.9. The van der Waals surface area contributed by atoms with Crippen molar-refractivity contribution in [1.82, 2.24) is 23.9 Å². The predicted octanol–water partition coefficient (Wildman–Crippen LogP) is 4.37. The highest BCUT2D eigenvalue weighted by Crippen LogP contribution is 2.26. The Balaban J connectivity index is 1.78. The molecule has 0 saturated heterocycles. The number of aliphatic hydroxyl groups is 2. The molecule has 0 aliphatic carbocycles. The molecule has 8 nitrogen and oxygen atoms in total. The predicted molar refractivity (Wildman–Crippen MR) is 127 cm³/mol. The molecule has 2 aromatic heterocycles. The third-order valence-electron chi connectivity index (χ3n) is 5.42. The topological polar surface area (TPSA) is 98.1 Å². The molecule has 0 aliphatic rings. The largest absolute Gasteiger partial charge is 0.416 e. The van der Waals surface area contributed by atoms with Gasteiger partial charge in [0.2, 0.25) is 0 Å². The van der Waals surface area contributed by atoms with Crippen molar-refractivity contribution in [3.05, 3.63) is 86.7 Å². The van der Waals surface area contributed by atoms with Crippen LogP contribution < -0.4 is 5.69 Å². The number of hydrogen-bond acceptors (Lipinski definition) is 5. The quantitative estimate of drug-likeness (QED) is 0.328. The molecule has 0 fully saturated rings. The van der Waals surface area contributed by atoms with E-state index in [1.807, 2.05) is 0 Å². The van der Waals surface area contributed by atoms with Gasteiger partial charge in [0.05, 0.1) is 18.8 Å². The van der Waals surface area contributed by atoms with Crippen LogP contribution in [0.2, 0.25) is 10.0 Å². The molecule has 196 valence electrons. The summed E-state index contributed by atoms with van der Waals surface area (Å²) < 4.78 is 56.6. The highest BCUT2D eigenvalue weighted by molar-refractivity contribution is 6.30. The Hall–Kier alpha value is -3.19. The van der Waals surface area contributed by atoms with Gasteiger partial charge in [0.15, 0.2) is 17.8 Å². The lowest BCUT2D eigenvalue weighted by atomic mass is 10.1. The first-order chi connectivity index (χ1) is 17.3. The lowest BCUT2D eigenvalue weighted by Crippen LogP contribution is -2.37. The second kappa shape index (κ2) is 10.3. The molecule has 4 rings (SSSR count). The minimum Gasteiger partial charge on any atom is -0.385 e. The van der Waals surface area contributed by atoms with Crippen molar-refractivity contribution >= 4 is 23.2 Å². The Bertz CT molecular complexity index is 1480. The van der Waals surface area contributed by atoms with Crippen LogP contribution in [0, 0.1) is 5.82 Å². The van der Waals surface area contributed by atoms with Gasteiger partial charge in [-0.1, -0.05) is 35.3 Å². The Labute approximate surface area is 216 Å². The van der Waals surface area contributed by atoms with Crippen molar-refractivity contribution in [3.63, 3.8) is 0 Å². The van der Waals surface area contributed by atoms with Crippen LogP contribution in [0.1, 0.15) is 24.7 Å². The van der Waals surface area contributed by atoms with Crippen molar-refractivity contribution in [1.29, 1.82) is 0 Å². The summed E-state index contributed by atoms with van der Waals surface area (Å²) in [7, 11) is 0. The molecule has 0 radical (unpaired) electrons. The van der Waals surface area contributed by atoms with Gasteiger partial charge in [-0.05, 0) is 42.8 Å². The van der Waals surface area contributed by atoms with Crippen molar-refractivity contribution in [2.24, 2.45) is 0 Å². The summed E-state index contributed by atoms with van der Waals surface area (Å²) in [5.41, 5.74) is -0.468. The van der Waals surface area contributed by atoms with Gasteiger partial charge in [-0.15, -0.1) is 5.10 Å². The Morgan fingerprint density at radius 1 is 1.05 bits per heavy atom. The van der Waals surface area contributed by atoms with Crippen LogP contribution in [0.4, 0.5) is 17.6 Å². The summed E-state index contributed by atoms with van der Waals surface area (Å²) in [6.45, 7) is 0.0124. The molecule has 2 atom stereocenters. The van der Waals surface area contributed by atoms with E-state index in [1.54, 1.807) is 0 Å². The van der Waals surface area contributed by atoms with Crippen LogP contribution in [0.3, 0.4) is 0 Å². The van der Waals surface area contributed by atoms with E-state index in [9.17, 15) is 32.6 Å². The fraction of sp³-hybridized carbons (Fsp3) is 0.261. The molecule has 14 heteroatoms. The average Bonchev–Trinajstić information content (AvgIpc) is 3.36. The van der Waals surface area contributed by atoms with Gasteiger partial charge in [-0.2, -0.15) is 13.2 Å². The Morgan fingerprint density at radius 3 is 2.30 bits per heavy atom. The highest BCUT2D eigenvalue weighted by atomic mass is 35.5. The van der Waals surface area contributed by atoms with Crippen molar-refractivity contribution in [2.75, 3.05) is 0 Å². The molecule has 0 amide bonds. The number of rotatable bonds is 7. The zero-order valence-corrected chi connectivity index (χ0v) is 20.5. The van der Waals surface area contributed by atoms with Crippen molar-refractivity contribution < 1.29 is 27.8 Å². The van der Waals surface area contributed by atoms with Crippen molar-refractivity contribution in [2.45, 2.75) is 38.4 Å². The van der Waals surface area contributed by atoms with E-state index in [0.29, 0.717) is 10.6 Å². The van der Waals surface area contributed by atoms with E-state index in [-0.39, 0.29) is 34.6 Å². The molecule has 0 spiro atoms. The molecule has 0 unspecified atom stereocenters. The fourth-order valence-corrected chi connectivity index (χ4v) is 3.92. The second-order valence-corrected chi connectivity index (χ2v) is 9.04. The maximum atomic E-state index is 14.5. The number of halogens is 6. The van der Waals surface area contributed by atoms with Gasteiger partial charge in [-0.25, -0.2) is 18.9 Å². The fourth-order valence-electron chi connectivity index (χ4n) is 3.64.